The van der Waals surface area contributed by atoms with Gasteiger partial charge in [-0.25, -0.2) is 0 Å². The Morgan fingerprint density at radius 1 is 1.29 bits per heavy atom. The summed E-state index contributed by atoms with van der Waals surface area (Å²) in [5, 5.41) is 5.05. The van der Waals surface area contributed by atoms with E-state index >= 15 is 0 Å². The molecule has 6 nitrogen and oxygen atoms in total. The Morgan fingerprint density at radius 2 is 2.16 bits per heavy atom. The highest BCUT2D eigenvalue weighted by Crippen LogP contribution is 2.35. The molecule has 0 radical (unpaired) electrons. The van der Waals surface area contributed by atoms with Crippen LogP contribution in [0.2, 0.25) is 0 Å². The lowest BCUT2D eigenvalue weighted by Gasteiger charge is -2.13. The Morgan fingerprint density at radius 3 is 2.90 bits per heavy atom. The van der Waals surface area contributed by atoms with Gasteiger partial charge in [0.15, 0.2) is 11.0 Å². The summed E-state index contributed by atoms with van der Waals surface area (Å²) in [6, 6.07) is 8.60. The molecule has 0 bridgehead atoms. The number of thioether (sulfide) groups is 1. The Balaban J connectivity index is 1.70. The number of aromatic nitrogens is 4. The molecule has 160 valence electrons. The summed E-state index contributed by atoms with van der Waals surface area (Å²) in [6.45, 7) is 2.06. The summed E-state index contributed by atoms with van der Waals surface area (Å²) in [6.07, 6.45) is -10.2. The first-order valence-electron chi connectivity index (χ1n) is 13.9. The van der Waals surface area contributed by atoms with Crippen molar-refractivity contribution in [2.24, 2.45) is 0 Å². The van der Waals surface area contributed by atoms with Gasteiger partial charge in [0.05, 0.1) is 11.9 Å². The third-order valence-electron chi connectivity index (χ3n) is 4.22. The Labute approximate surface area is 200 Å². The zero-order chi connectivity index (χ0) is 29.6. The first kappa shape index (κ1) is 12.9. The SMILES string of the molecule is [2H]C1([2H])C([2H])([2H])C([2H])([2H])C([2H])(Sc2nnc(COc3ccc(C#CCOC)c(C)c3)n2-c2cccnc2)C1([2H])[2H]. The predicted octanol–water partition coefficient (Wildman–Crippen LogP) is 4.58. The normalized spacial score (nSPS) is 25.5. The van der Waals surface area contributed by atoms with Crippen LogP contribution in [-0.4, -0.2) is 38.7 Å². The van der Waals surface area contributed by atoms with Crippen LogP contribution in [0, 0.1) is 18.8 Å². The van der Waals surface area contributed by atoms with Crippen LogP contribution in [0.4, 0.5) is 0 Å². The van der Waals surface area contributed by atoms with Gasteiger partial charge in [0.2, 0.25) is 0 Å². The molecule has 0 unspecified atom stereocenters. The quantitative estimate of drug-likeness (QED) is 0.498. The number of nitrogens with zero attached hydrogens (tertiary/aromatic N) is 4. The summed E-state index contributed by atoms with van der Waals surface area (Å²) in [4.78, 5) is 4.08. The van der Waals surface area contributed by atoms with E-state index in [0.29, 0.717) is 18.0 Å². The van der Waals surface area contributed by atoms with Crippen molar-refractivity contribution >= 4 is 11.8 Å². The number of hydrogen-bond donors (Lipinski definition) is 0. The molecule has 0 spiro atoms. The van der Waals surface area contributed by atoms with Gasteiger partial charge >= 0.3 is 0 Å². The van der Waals surface area contributed by atoms with E-state index in [1.54, 1.807) is 37.4 Å². The number of hydrogen-bond acceptors (Lipinski definition) is 6. The fourth-order valence-corrected chi connectivity index (χ4v) is 3.54. The minimum absolute atomic E-state index is 0.122. The first-order chi connectivity index (χ1) is 18.6. The van der Waals surface area contributed by atoms with Gasteiger partial charge < -0.3 is 9.47 Å². The van der Waals surface area contributed by atoms with Crippen LogP contribution >= 0.6 is 11.8 Å². The van der Waals surface area contributed by atoms with Crippen molar-refractivity contribution in [3.63, 3.8) is 0 Å². The summed E-state index contributed by atoms with van der Waals surface area (Å²) in [5.74, 6) is 6.63. The second-order valence-electron chi connectivity index (χ2n) is 6.38. The fourth-order valence-electron chi connectivity index (χ4n) is 2.77. The molecule has 1 aliphatic rings. The largest absolute Gasteiger partial charge is 0.486 e. The average molecular weight is 444 g/mol. The molecule has 0 amide bonds. The Kier molecular flexibility index (Phi) is 4.36. The smallest absolute Gasteiger partial charge is 0.196 e. The van der Waals surface area contributed by atoms with E-state index in [-0.39, 0.29) is 29.3 Å². The molecule has 1 saturated carbocycles. The molecule has 3 aromatic rings. The van der Waals surface area contributed by atoms with Crippen LogP contribution in [-0.2, 0) is 11.3 Å². The highest BCUT2D eigenvalue weighted by Gasteiger charge is 2.22. The van der Waals surface area contributed by atoms with Crippen LogP contribution < -0.4 is 4.74 Å². The lowest BCUT2D eigenvalue weighted by molar-refractivity contribution is 0.240. The van der Waals surface area contributed by atoms with Crippen LogP contribution in [0.15, 0.2) is 47.9 Å². The maximum absolute atomic E-state index is 8.83. The number of aryl methyl sites for hydroxylation is 1. The zero-order valence-corrected chi connectivity index (χ0v) is 17.8. The van der Waals surface area contributed by atoms with Crippen molar-refractivity contribution in [3.05, 3.63) is 59.7 Å². The third kappa shape index (κ3) is 5.46. The van der Waals surface area contributed by atoms with Crippen LogP contribution in [0.1, 0.15) is 54.8 Å². The number of ether oxygens (including phenoxy) is 2. The van der Waals surface area contributed by atoms with Crippen LogP contribution in [0.5, 0.6) is 5.75 Å². The average Bonchev–Trinajstić information content (AvgIpc) is 3.31. The second kappa shape index (κ2) is 10.5. The predicted molar refractivity (Wildman–Crippen MR) is 122 cm³/mol. The van der Waals surface area contributed by atoms with E-state index in [2.05, 4.69) is 27.0 Å². The highest BCUT2D eigenvalue weighted by atomic mass is 32.2. The maximum atomic E-state index is 8.83. The number of rotatable bonds is 7. The van der Waals surface area contributed by atoms with Gasteiger partial charge in [-0.05, 0) is 55.6 Å². The van der Waals surface area contributed by atoms with Crippen molar-refractivity contribution in [2.45, 2.75) is 49.4 Å². The number of benzene rings is 1. The molecule has 2 aromatic heterocycles. The van der Waals surface area contributed by atoms with Crippen molar-refractivity contribution in [1.29, 1.82) is 0 Å². The molecule has 2 heterocycles. The minimum Gasteiger partial charge on any atom is -0.486 e. The lowest BCUT2D eigenvalue weighted by Crippen LogP contribution is -2.08. The van der Waals surface area contributed by atoms with E-state index in [4.69, 9.17) is 21.8 Å². The number of methoxy groups -OCH3 is 1. The Bertz CT molecular complexity index is 1430. The van der Waals surface area contributed by atoms with Gasteiger partial charge in [0.1, 0.15) is 19.0 Å². The maximum Gasteiger partial charge on any atom is 0.196 e. The van der Waals surface area contributed by atoms with Crippen molar-refractivity contribution in [2.75, 3.05) is 13.7 Å². The van der Waals surface area contributed by atoms with E-state index in [1.807, 2.05) is 6.92 Å². The van der Waals surface area contributed by atoms with Crippen LogP contribution in [0.25, 0.3) is 5.69 Å². The standard InChI is InChI=1S/C24H26N4O2S/c1-18-15-21(12-11-19(18)7-6-14-29-2)30-17-23-26-27-24(31-22-9-3-4-10-22)28(23)20-8-5-13-25-16-20/h5,8,11-13,15-16,22H,3-4,9-10,14,17H2,1-2H3/i3D2,4D2,9D2,10D2,22D. The lowest BCUT2D eigenvalue weighted by atomic mass is 10.1. The van der Waals surface area contributed by atoms with Crippen LogP contribution in [0.3, 0.4) is 0 Å². The summed E-state index contributed by atoms with van der Waals surface area (Å²) in [5.41, 5.74) is 2.08. The molecule has 31 heavy (non-hydrogen) atoms. The molecule has 7 heteroatoms. The zero-order valence-electron chi connectivity index (χ0n) is 26.0. The first-order valence-corrected chi connectivity index (χ1v) is 10.2. The molecule has 4 rings (SSSR count). The minimum atomic E-state index is -3.32. The third-order valence-corrected chi connectivity index (χ3v) is 5.07. The van der Waals surface area contributed by atoms with Crippen molar-refractivity contribution in [1.82, 2.24) is 19.7 Å². The summed E-state index contributed by atoms with van der Waals surface area (Å²) >= 11 is 0.267. The monoisotopic (exact) mass is 443 g/mol. The van der Waals surface area contributed by atoms with Crippen molar-refractivity contribution in [3.8, 4) is 23.3 Å². The van der Waals surface area contributed by atoms with E-state index in [1.165, 1.54) is 17.0 Å². The topological polar surface area (TPSA) is 62.1 Å². The van der Waals surface area contributed by atoms with Gasteiger partial charge in [0.25, 0.3) is 0 Å². The summed E-state index contributed by atoms with van der Waals surface area (Å²) in [7, 11) is 1.56. The molecule has 0 saturated heterocycles. The molecule has 0 atom stereocenters. The van der Waals surface area contributed by atoms with E-state index < -0.39 is 30.7 Å². The van der Waals surface area contributed by atoms with Gasteiger partial charge in [0, 0.05) is 36.4 Å². The molecule has 0 N–H and O–H groups in total. The molecule has 1 fully saturated rings. The van der Waals surface area contributed by atoms with Gasteiger partial charge in [-0.2, -0.15) is 0 Å². The van der Waals surface area contributed by atoms with Gasteiger partial charge in [-0.3, -0.25) is 9.55 Å². The molecule has 0 aliphatic heterocycles. The van der Waals surface area contributed by atoms with Gasteiger partial charge in [-0.15, -0.1) is 10.2 Å². The Hall–Kier alpha value is -2.82. The highest BCUT2D eigenvalue weighted by molar-refractivity contribution is 7.99. The molecule has 1 aromatic carbocycles. The van der Waals surface area contributed by atoms with E-state index in [0.717, 1.165) is 11.1 Å². The summed E-state index contributed by atoms with van der Waals surface area (Å²) < 4.78 is 86.9. The molecular weight excluding hydrogens is 408 g/mol. The molecular formula is C24H26N4O2S. The number of pyridine rings is 1. The van der Waals surface area contributed by atoms with Gasteiger partial charge in [-0.1, -0.05) is 36.3 Å². The van der Waals surface area contributed by atoms with E-state index in [9.17, 15) is 0 Å². The fraction of sp³-hybridized carbons (Fsp3) is 0.375. The van der Waals surface area contributed by atoms with Crippen molar-refractivity contribution < 1.29 is 21.8 Å². The second-order valence-corrected chi connectivity index (χ2v) is 7.35. The molecule has 1 aliphatic carbocycles.